The van der Waals surface area contributed by atoms with Gasteiger partial charge in [-0.05, 0) is 25.1 Å². The molecule has 0 aliphatic carbocycles. The summed E-state index contributed by atoms with van der Waals surface area (Å²) < 4.78 is 1.98. The molecular formula is C12H24N4S. The Morgan fingerprint density at radius 3 is 2.71 bits per heavy atom. The summed E-state index contributed by atoms with van der Waals surface area (Å²) in [6.45, 7) is 10.6. The second-order valence-corrected chi connectivity index (χ2v) is 5.55. The van der Waals surface area contributed by atoms with E-state index < -0.39 is 0 Å². The minimum Gasteiger partial charge on any atom is -0.307 e. The molecule has 1 N–H and O–H groups in total. The average molecular weight is 256 g/mol. The zero-order valence-electron chi connectivity index (χ0n) is 11.3. The van der Waals surface area contributed by atoms with Crippen molar-refractivity contribution in [3.63, 3.8) is 0 Å². The van der Waals surface area contributed by atoms with Crippen LogP contribution in [0.4, 0.5) is 0 Å². The minimum atomic E-state index is 0.311. The molecule has 0 aliphatic rings. The van der Waals surface area contributed by atoms with E-state index in [0.29, 0.717) is 6.04 Å². The van der Waals surface area contributed by atoms with Crippen molar-refractivity contribution >= 4 is 11.8 Å². The van der Waals surface area contributed by atoms with Crippen molar-refractivity contribution in [3.05, 3.63) is 12.2 Å². The summed E-state index contributed by atoms with van der Waals surface area (Å²) in [4.78, 5) is 4.38. The monoisotopic (exact) mass is 256 g/mol. The molecule has 0 radical (unpaired) electrons. The number of aryl methyl sites for hydroxylation is 1. The molecule has 1 aromatic rings. The zero-order valence-corrected chi connectivity index (χ0v) is 12.1. The second kappa shape index (κ2) is 7.71. The van der Waals surface area contributed by atoms with Gasteiger partial charge in [-0.3, -0.25) is 0 Å². The van der Waals surface area contributed by atoms with Crippen LogP contribution in [0.25, 0.3) is 0 Å². The molecule has 4 nitrogen and oxygen atoms in total. The molecule has 0 bridgehead atoms. The van der Waals surface area contributed by atoms with E-state index in [1.54, 1.807) is 6.33 Å². The fourth-order valence-corrected chi connectivity index (χ4v) is 2.79. The molecule has 5 heteroatoms. The number of hydrogen-bond donors (Lipinski definition) is 1. The molecule has 0 aromatic carbocycles. The number of hydrogen-bond acceptors (Lipinski definition) is 4. The standard InChI is InChI=1S/C12H24N4S/c1-5-13-11(8-17-7-10(3)4)12-14-9-15-16(12)6-2/h9-11,13H,5-8H2,1-4H3. The SMILES string of the molecule is CCNC(CSCC(C)C)c1ncnn1CC. The number of aromatic nitrogens is 3. The number of nitrogens with one attached hydrogen (secondary N) is 1. The van der Waals surface area contributed by atoms with Crippen molar-refractivity contribution in [1.82, 2.24) is 20.1 Å². The second-order valence-electron chi connectivity index (χ2n) is 4.48. The van der Waals surface area contributed by atoms with Crippen LogP contribution in [-0.4, -0.2) is 32.8 Å². The predicted octanol–water partition coefficient (Wildman–Crippen LogP) is 2.34. The van der Waals surface area contributed by atoms with Crippen LogP contribution < -0.4 is 5.32 Å². The van der Waals surface area contributed by atoms with Crippen molar-refractivity contribution in [3.8, 4) is 0 Å². The van der Waals surface area contributed by atoms with Crippen molar-refractivity contribution in [1.29, 1.82) is 0 Å². The molecule has 0 aliphatic heterocycles. The first-order chi connectivity index (χ1) is 8.19. The van der Waals surface area contributed by atoms with Gasteiger partial charge in [-0.25, -0.2) is 9.67 Å². The van der Waals surface area contributed by atoms with E-state index in [1.165, 1.54) is 5.75 Å². The number of thioether (sulfide) groups is 1. The lowest BCUT2D eigenvalue weighted by Gasteiger charge is -2.17. The Morgan fingerprint density at radius 1 is 1.35 bits per heavy atom. The fraction of sp³-hybridized carbons (Fsp3) is 0.833. The maximum Gasteiger partial charge on any atom is 0.144 e. The molecule has 0 amide bonds. The normalized spacial score (nSPS) is 13.2. The van der Waals surface area contributed by atoms with Crippen LogP contribution in [0.15, 0.2) is 6.33 Å². The first-order valence-corrected chi connectivity index (χ1v) is 7.53. The van der Waals surface area contributed by atoms with Gasteiger partial charge in [0.05, 0.1) is 6.04 Å². The van der Waals surface area contributed by atoms with E-state index in [-0.39, 0.29) is 0 Å². The summed E-state index contributed by atoms with van der Waals surface area (Å²) in [6.07, 6.45) is 1.65. The van der Waals surface area contributed by atoms with Gasteiger partial charge in [-0.1, -0.05) is 20.8 Å². The molecule has 98 valence electrons. The molecule has 1 atom stereocenters. The van der Waals surface area contributed by atoms with Crippen molar-refractivity contribution in [2.24, 2.45) is 5.92 Å². The third-order valence-corrected chi connectivity index (χ3v) is 3.91. The number of nitrogens with zero attached hydrogens (tertiary/aromatic N) is 3. The lowest BCUT2D eigenvalue weighted by molar-refractivity contribution is 0.515. The highest BCUT2D eigenvalue weighted by Gasteiger charge is 2.16. The smallest absolute Gasteiger partial charge is 0.144 e. The lowest BCUT2D eigenvalue weighted by Crippen LogP contribution is -2.26. The molecule has 0 spiro atoms. The van der Waals surface area contributed by atoms with Gasteiger partial charge in [0.15, 0.2) is 0 Å². The van der Waals surface area contributed by atoms with Gasteiger partial charge in [0.2, 0.25) is 0 Å². The lowest BCUT2D eigenvalue weighted by atomic mass is 10.3. The van der Waals surface area contributed by atoms with Gasteiger partial charge in [0.1, 0.15) is 12.2 Å². The summed E-state index contributed by atoms with van der Waals surface area (Å²) in [6, 6.07) is 0.311. The van der Waals surface area contributed by atoms with Crippen LogP contribution in [0, 0.1) is 5.92 Å². The summed E-state index contributed by atoms with van der Waals surface area (Å²) in [5.74, 6) is 4.06. The molecular weight excluding hydrogens is 232 g/mol. The van der Waals surface area contributed by atoms with Gasteiger partial charge >= 0.3 is 0 Å². The Morgan fingerprint density at radius 2 is 2.12 bits per heavy atom. The predicted molar refractivity (Wildman–Crippen MR) is 74.3 cm³/mol. The maximum atomic E-state index is 4.38. The van der Waals surface area contributed by atoms with E-state index in [2.05, 4.69) is 43.1 Å². The highest BCUT2D eigenvalue weighted by molar-refractivity contribution is 7.99. The molecule has 1 heterocycles. The number of rotatable bonds is 8. The quantitative estimate of drug-likeness (QED) is 0.775. The summed E-state index contributed by atoms with van der Waals surface area (Å²) in [5.41, 5.74) is 0. The molecule has 1 rings (SSSR count). The molecule has 0 fully saturated rings. The zero-order chi connectivity index (χ0) is 12.7. The van der Waals surface area contributed by atoms with E-state index in [1.807, 2.05) is 16.4 Å². The Bertz CT molecular complexity index is 311. The van der Waals surface area contributed by atoms with Crippen molar-refractivity contribution in [2.45, 2.75) is 40.3 Å². The van der Waals surface area contributed by atoms with E-state index in [0.717, 1.165) is 30.6 Å². The Kier molecular flexibility index (Phi) is 6.58. The van der Waals surface area contributed by atoms with E-state index in [9.17, 15) is 0 Å². The van der Waals surface area contributed by atoms with Crippen LogP contribution in [-0.2, 0) is 6.54 Å². The van der Waals surface area contributed by atoms with Crippen molar-refractivity contribution in [2.75, 3.05) is 18.1 Å². The van der Waals surface area contributed by atoms with Crippen LogP contribution >= 0.6 is 11.8 Å². The molecule has 0 saturated heterocycles. The third kappa shape index (κ3) is 4.68. The van der Waals surface area contributed by atoms with Gasteiger partial charge < -0.3 is 5.32 Å². The highest BCUT2D eigenvalue weighted by atomic mass is 32.2. The first kappa shape index (κ1) is 14.5. The molecule has 17 heavy (non-hydrogen) atoms. The topological polar surface area (TPSA) is 42.7 Å². The van der Waals surface area contributed by atoms with Crippen LogP contribution in [0.5, 0.6) is 0 Å². The van der Waals surface area contributed by atoms with Gasteiger partial charge in [0, 0.05) is 12.3 Å². The summed E-state index contributed by atoms with van der Waals surface area (Å²) in [5, 5.41) is 7.73. The average Bonchev–Trinajstić information content (AvgIpc) is 2.75. The van der Waals surface area contributed by atoms with Crippen molar-refractivity contribution < 1.29 is 0 Å². The molecule has 1 unspecified atom stereocenters. The summed E-state index contributed by atoms with van der Waals surface area (Å²) in [7, 11) is 0. The Balaban J connectivity index is 2.58. The summed E-state index contributed by atoms with van der Waals surface area (Å²) >= 11 is 1.98. The molecule has 0 saturated carbocycles. The Hall–Kier alpha value is -0.550. The third-order valence-electron chi connectivity index (χ3n) is 2.44. The van der Waals surface area contributed by atoms with Crippen LogP contribution in [0.1, 0.15) is 39.6 Å². The Labute approximate surface area is 109 Å². The van der Waals surface area contributed by atoms with Crippen LogP contribution in [0.3, 0.4) is 0 Å². The first-order valence-electron chi connectivity index (χ1n) is 6.37. The molecule has 1 aromatic heterocycles. The van der Waals surface area contributed by atoms with Gasteiger partial charge in [-0.15, -0.1) is 0 Å². The van der Waals surface area contributed by atoms with E-state index >= 15 is 0 Å². The fourth-order valence-electron chi connectivity index (χ4n) is 1.68. The van der Waals surface area contributed by atoms with Gasteiger partial charge in [-0.2, -0.15) is 16.9 Å². The van der Waals surface area contributed by atoms with Crippen LogP contribution in [0.2, 0.25) is 0 Å². The largest absolute Gasteiger partial charge is 0.307 e. The van der Waals surface area contributed by atoms with Gasteiger partial charge in [0.25, 0.3) is 0 Å². The maximum absolute atomic E-state index is 4.38. The minimum absolute atomic E-state index is 0.311. The van der Waals surface area contributed by atoms with E-state index in [4.69, 9.17) is 0 Å². The highest BCUT2D eigenvalue weighted by Crippen LogP contribution is 2.18.